The molecule has 2 N–H and O–H groups in total. The molecule has 0 saturated carbocycles. The molecule has 1 radical (unpaired) electrons. The van der Waals surface area contributed by atoms with Gasteiger partial charge in [-0.3, -0.25) is 0 Å². The largest absolute Gasteiger partial charge is 0.412 e. The van der Waals surface area contributed by atoms with Gasteiger partial charge in [0.1, 0.15) is 17.4 Å². The molecular weight excluding hydrogens is 167 g/mol. The molecule has 0 bridgehead atoms. The van der Waals surface area contributed by atoms with Gasteiger partial charge < -0.3 is 10.2 Å². The number of rotatable bonds is 2. The summed E-state index contributed by atoms with van der Waals surface area (Å²) in [6, 6.07) is 0. The molecule has 0 aromatic rings. The minimum Gasteiger partial charge on any atom is -0.412 e. The Labute approximate surface area is 86.1 Å². The molecule has 1 saturated heterocycles. The van der Waals surface area contributed by atoms with Crippen molar-refractivity contribution in [2.45, 2.75) is 45.6 Å². The summed E-state index contributed by atoms with van der Waals surface area (Å²) < 4.78 is 5.59. The minimum absolute atomic E-state index is 0. The summed E-state index contributed by atoms with van der Waals surface area (Å²) >= 11 is 0. The smallest absolute Gasteiger partial charge is 0.146 e. The van der Waals surface area contributed by atoms with E-state index in [2.05, 4.69) is 13.8 Å². The monoisotopic (exact) mass is 189 g/mol. The molecular formula is C9H22AlO2. The Hall–Kier alpha value is 0.452. The van der Waals surface area contributed by atoms with Gasteiger partial charge >= 0.3 is 0 Å². The summed E-state index contributed by atoms with van der Waals surface area (Å²) in [5.74, 6) is 0.795. The molecule has 73 valence electrons. The van der Waals surface area contributed by atoms with E-state index in [9.17, 15) is 0 Å². The Morgan fingerprint density at radius 3 is 2.42 bits per heavy atom. The van der Waals surface area contributed by atoms with E-state index in [4.69, 9.17) is 4.74 Å². The van der Waals surface area contributed by atoms with Crippen molar-refractivity contribution in [2.24, 2.45) is 5.92 Å². The fourth-order valence-corrected chi connectivity index (χ4v) is 1.52. The summed E-state index contributed by atoms with van der Waals surface area (Å²) in [5.41, 5.74) is 0. The van der Waals surface area contributed by atoms with Gasteiger partial charge in [-0.15, -0.1) is 0 Å². The first kappa shape index (κ1) is 14.9. The second kappa shape index (κ2) is 8.07. The average molecular weight is 189 g/mol. The average Bonchev–Trinajstić information content (AvgIpc) is 1.88. The zero-order valence-corrected chi connectivity index (χ0v) is 10.6. The lowest BCUT2D eigenvalue weighted by atomic mass is 10.00. The minimum atomic E-state index is 0. The Morgan fingerprint density at radius 1 is 1.33 bits per heavy atom. The van der Waals surface area contributed by atoms with Crippen molar-refractivity contribution in [3.8, 4) is 0 Å². The molecule has 1 aliphatic heterocycles. The standard InChI is InChI=1S/C9H18O.Al.H2O.2H/c1-8(2)7-9-5-3-4-6-10-9;;;;/h8-9H,3-7H2,1-2H3;;1H2;;. The van der Waals surface area contributed by atoms with E-state index in [1.165, 1.54) is 25.7 Å². The molecule has 1 heterocycles. The van der Waals surface area contributed by atoms with E-state index in [0.29, 0.717) is 6.10 Å². The molecule has 1 fully saturated rings. The second-order valence-electron chi connectivity index (χ2n) is 3.62. The van der Waals surface area contributed by atoms with Gasteiger partial charge in [-0.25, -0.2) is 0 Å². The first-order valence-corrected chi connectivity index (χ1v) is 4.40. The molecule has 1 unspecified atom stereocenters. The van der Waals surface area contributed by atoms with Crippen molar-refractivity contribution < 1.29 is 10.2 Å². The normalized spacial score (nSPS) is 22.8. The number of hydrogen-bond donors (Lipinski definition) is 0. The van der Waals surface area contributed by atoms with E-state index in [1.54, 1.807) is 0 Å². The third-order valence-corrected chi connectivity index (χ3v) is 2.01. The van der Waals surface area contributed by atoms with Crippen LogP contribution in [0.25, 0.3) is 0 Å². The Balaban J connectivity index is 0. The van der Waals surface area contributed by atoms with E-state index in [-0.39, 0.29) is 22.8 Å². The number of ether oxygens (including phenoxy) is 1. The van der Waals surface area contributed by atoms with E-state index in [0.717, 1.165) is 12.5 Å². The fraction of sp³-hybridized carbons (Fsp3) is 1.00. The van der Waals surface area contributed by atoms with Crippen molar-refractivity contribution >= 4 is 17.4 Å². The van der Waals surface area contributed by atoms with Crippen LogP contribution in [0.2, 0.25) is 0 Å². The lowest BCUT2D eigenvalue weighted by Gasteiger charge is -2.23. The highest BCUT2D eigenvalue weighted by atomic mass is 27.0. The molecule has 3 heteroatoms. The molecule has 2 nitrogen and oxygen atoms in total. The Morgan fingerprint density at radius 2 is 2.00 bits per heavy atom. The van der Waals surface area contributed by atoms with Crippen LogP contribution >= 0.6 is 0 Å². The maximum atomic E-state index is 5.59. The molecule has 1 aliphatic rings. The van der Waals surface area contributed by atoms with Gasteiger partial charge in [-0.2, -0.15) is 0 Å². The Kier molecular flexibility index (Phi) is 10.1. The summed E-state index contributed by atoms with van der Waals surface area (Å²) in [7, 11) is 0. The van der Waals surface area contributed by atoms with E-state index in [1.807, 2.05) is 0 Å². The topological polar surface area (TPSA) is 40.7 Å². The zero-order valence-electron chi connectivity index (χ0n) is 8.60. The summed E-state index contributed by atoms with van der Waals surface area (Å²) in [4.78, 5) is 0. The molecule has 0 amide bonds. The van der Waals surface area contributed by atoms with Gasteiger partial charge in [0.05, 0.1) is 6.10 Å². The third kappa shape index (κ3) is 6.02. The fourth-order valence-electron chi connectivity index (χ4n) is 1.52. The van der Waals surface area contributed by atoms with Crippen LogP contribution < -0.4 is 0 Å². The van der Waals surface area contributed by atoms with Crippen LogP contribution in [0.3, 0.4) is 0 Å². The van der Waals surface area contributed by atoms with Crippen LogP contribution in [0, 0.1) is 5.92 Å². The zero-order chi connectivity index (χ0) is 7.40. The predicted octanol–water partition coefficient (Wildman–Crippen LogP) is 0.861. The van der Waals surface area contributed by atoms with Crippen LogP contribution in [-0.2, 0) is 4.74 Å². The van der Waals surface area contributed by atoms with E-state index >= 15 is 0 Å². The molecule has 0 aromatic heterocycles. The Bertz CT molecular complexity index is 90.5. The highest BCUT2D eigenvalue weighted by Crippen LogP contribution is 2.18. The number of hydrogen-bond acceptors (Lipinski definition) is 1. The van der Waals surface area contributed by atoms with Crippen molar-refractivity contribution in [2.75, 3.05) is 6.61 Å². The van der Waals surface area contributed by atoms with Crippen molar-refractivity contribution in [3.63, 3.8) is 0 Å². The first-order chi connectivity index (χ1) is 4.79. The van der Waals surface area contributed by atoms with Gasteiger partial charge in [-0.1, -0.05) is 13.8 Å². The van der Waals surface area contributed by atoms with Crippen molar-refractivity contribution in [1.82, 2.24) is 0 Å². The van der Waals surface area contributed by atoms with Gasteiger partial charge in [0.15, 0.2) is 0 Å². The maximum Gasteiger partial charge on any atom is 0.146 e. The van der Waals surface area contributed by atoms with Crippen LogP contribution in [0.4, 0.5) is 0 Å². The molecule has 12 heavy (non-hydrogen) atoms. The quantitative estimate of drug-likeness (QED) is 0.594. The maximum absolute atomic E-state index is 5.59. The van der Waals surface area contributed by atoms with Crippen molar-refractivity contribution in [3.05, 3.63) is 0 Å². The first-order valence-electron chi connectivity index (χ1n) is 4.40. The molecule has 0 spiro atoms. The van der Waals surface area contributed by atoms with Crippen LogP contribution in [0.15, 0.2) is 0 Å². The third-order valence-electron chi connectivity index (χ3n) is 2.01. The highest BCUT2D eigenvalue weighted by molar-refractivity contribution is 5.75. The van der Waals surface area contributed by atoms with Crippen LogP contribution in [0.5, 0.6) is 0 Å². The lowest BCUT2D eigenvalue weighted by Crippen LogP contribution is -2.20. The SMILES string of the molecule is CC(C)CC1CCCCO1.O.[AlH2]. The van der Waals surface area contributed by atoms with Gasteiger partial charge in [0, 0.05) is 6.61 Å². The molecule has 0 aromatic carbocycles. The van der Waals surface area contributed by atoms with Crippen molar-refractivity contribution in [1.29, 1.82) is 0 Å². The summed E-state index contributed by atoms with van der Waals surface area (Å²) in [6.07, 6.45) is 5.76. The summed E-state index contributed by atoms with van der Waals surface area (Å²) in [5, 5.41) is 0. The van der Waals surface area contributed by atoms with Gasteiger partial charge in [-0.05, 0) is 31.6 Å². The molecule has 1 rings (SSSR count). The van der Waals surface area contributed by atoms with Gasteiger partial charge in [0.2, 0.25) is 0 Å². The van der Waals surface area contributed by atoms with Gasteiger partial charge in [0.25, 0.3) is 0 Å². The second-order valence-corrected chi connectivity index (χ2v) is 3.62. The van der Waals surface area contributed by atoms with Crippen LogP contribution in [-0.4, -0.2) is 35.5 Å². The highest BCUT2D eigenvalue weighted by Gasteiger charge is 2.14. The molecule has 0 aliphatic carbocycles. The lowest BCUT2D eigenvalue weighted by molar-refractivity contribution is 0.00420. The summed E-state index contributed by atoms with van der Waals surface area (Å²) in [6.45, 7) is 5.52. The van der Waals surface area contributed by atoms with Crippen LogP contribution in [0.1, 0.15) is 39.5 Å². The van der Waals surface area contributed by atoms with E-state index < -0.39 is 0 Å². The molecule has 1 atom stereocenters. The predicted molar refractivity (Wildman–Crippen MR) is 55.2 cm³/mol.